The summed E-state index contributed by atoms with van der Waals surface area (Å²) in [5, 5.41) is 2.48. The van der Waals surface area contributed by atoms with E-state index in [1.807, 2.05) is 34.9 Å². The number of furan rings is 1. The molecule has 1 amide bonds. The molecular weight excluding hydrogens is 438 g/mol. The molecule has 168 valence electrons. The van der Waals surface area contributed by atoms with Gasteiger partial charge >= 0.3 is 0 Å². The minimum Gasteiger partial charge on any atom is -0.449 e. The number of nitrogens with zero attached hydrogens (tertiary/aromatic N) is 3. The molecule has 0 radical (unpaired) electrons. The topological polar surface area (TPSA) is 73.0 Å². The molecule has 3 heterocycles. The third-order valence-electron chi connectivity index (χ3n) is 5.23. The van der Waals surface area contributed by atoms with Crippen LogP contribution in [0.5, 0.6) is 0 Å². The smallest absolute Gasteiger partial charge is 0.291 e. The monoisotopic (exact) mass is 456 g/mol. The molecule has 2 aromatic carbocycles. The van der Waals surface area contributed by atoms with E-state index in [-0.39, 0.29) is 17.3 Å². The Kier molecular flexibility index (Phi) is 5.70. The molecule has 8 heteroatoms. The number of halogens is 2. The predicted molar refractivity (Wildman–Crippen MR) is 123 cm³/mol. The van der Waals surface area contributed by atoms with Crippen LogP contribution in [0.25, 0.3) is 22.7 Å². The van der Waals surface area contributed by atoms with Crippen molar-refractivity contribution in [1.29, 1.82) is 0 Å². The molecule has 0 saturated carbocycles. The first-order valence-corrected chi connectivity index (χ1v) is 10.4. The second kappa shape index (κ2) is 9.11. The van der Waals surface area contributed by atoms with Crippen LogP contribution in [0.1, 0.15) is 16.1 Å². The summed E-state index contributed by atoms with van der Waals surface area (Å²) in [4.78, 5) is 20.9. The lowest BCUT2D eigenvalue weighted by molar-refractivity contribution is 0.0997. The van der Waals surface area contributed by atoms with E-state index in [0.717, 1.165) is 11.8 Å². The Bertz CT molecular complexity index is 1440. The van der Waals surface area contributed by atoms with Crippen LogP contribution in [-0.2, 0) is 6.54 Å². The molecule has 0 unspecified atom stereocenters. The van der Waals surface area contributed by atoms with Crippen molar-refractivity contribution in [2.75, 3.05) is 5.32 Å². The molecule has 0 bridgehead atoms. The normalized spacial score (nSPS) is 10.9. The molecule has 3 aromatic heterocycles. The summed E-state index contributed by atoms with van der Waals surface area (Å²) in [5.74, 6) is -1.21. The first kappa shape index (κ1) is 21.3. The average molecular weight is 456 g/mol. The molecule has 6 nitrogen and oxygen atoms in total. The van der Waals surface area contributed by atoms with E-state index in [1.165, 1.54) is 30.5 Å². The minimum absolute atomic E-state index is 0.000861. The number of anilines is 1. The highest BCUT2D eigenvalue weighted by Gasteiger charge is 2.21. The van der Waals surface area contributed by atoms with E-state index in [4.69, 9.17) is 4.42 Å². The molecule has 0 atom stereocenters. The zero-order chi connectivity index (χ0) is 23.5. The maximum atomic E-state index is 13.9. The molecule has 0 aliphatic heterocycles. The van der Waals surface area contributed by atoms with Gasteiger partial charge in [-0.05, 0) is 48.0 Å². The van der Waals surface area contributed by atoms with Crippen molar-refractivity contribution in [1.82, 2.24) is 14.5 Å². The van der Waals surface area contributed by atoms with Crippen molar-refractivity contribution in [2.45, 2.75) is 6.54 Å². The quantitative estimate of drug-likeness (QED) is 0.351. The number of benzene rings is 2. The first-order chi connectivity index (χ1) is 16.6. The molecule has 0 spiro atoms. The lowest BCUT2D eigenvalue weighted by Gasteiger charge is -2.09. The van der Waals surface area contributed by atoms with Gasteiger partial charge in [0, 0.05) is 18.3 Å². The molecule has 0 saturated heterocycles. The number of rotatable bonds is 6. The second-order valence-corrected chi connectivity index (χ2v) is 7.54. The Morgan fingerprint density at radius 2 is 1.76 bits per heavy atom. The third-order valence-corrected chi connectivity index (χ3v) is 5.23. The van der Waals surface area contributed by atoms with E-state index >= 15 is 0 Å². The summed E-state index contributed by atoms with van der Waals surface area (Å²) in [6.45, 7) is 0.509. The maximum Gasteiger partial charge on any atom is 0.291 e. The fourth-order valence-electron chi connectivity index (χ4n) is 3.61. The van der Waals surface area contributed by atoms with Gasteiger partial charge in [0.15, 0.2) is 17.3 Å². The van der Waals surface area contributed by atoms with Crippen LogP contribution in [0.3, 0.4) is 0 Å². The maximum absolute atomic E-state index is 13.9. The molecule has 0 aliphatic rings. The van der Waals surface area contributed by atoms with Crippen molar-refractivity contribution in [2.24, 2.45) is 0 Å². The minimum atomic E-state index is -0.651. The van der Waals surface area contributed by atoms with Gasteiger partial charge in [-0.25, -0.2) is 13.8 Å². The summed E-state index contributed by atoms with van der Waals surface area (Å²) < 4.78 is 35.2. The van der Waals surface area contributed by atoms with E-state index in [0.29, 0.717) is 29.3 Å². The molecule has 1 N–H and O–H groups in total. The van der Waals surface area contributed by atoms with Gasteiger partial charge in [0.2, 0.25) is 0 Å². The Morgan fingerprint density at radius 3 is 2.53 bits per heavy atom. The van der Waals surface area contributed by atoms with Crippen molar-refractivity contribution in [3.8, 4) is 22.7 Å². The van der Waals surface area contributed by atoms with Crippen LogP contribution in [0.15, 0.2) is 95.9 Å². The number of carbonyl (C=O) groups is 1. The van der Waals surface area contributed by atoms with Crippen LogP contribution < -0.4 is 5.32 Å². The molecule has 5 rings (SSSR count). The van der Waals surface area contributed by atoms with Gasteiger partial charge in [-0.1, -0.05) is 30.3 Å². The zero-order valence-corrected chi connectivity index (χ0v) is 17.8. The lowest BCUT2D eigenvalue weighted by atomic mass is 10.1. The van der Waals surface area contributed by atoms with Gasteiger partial charge in [-0.2, -0.15) is 0 Å². The lowest BCUT2D eigenvalue weighted by Crippen LogP contribution is -2.12. The number of nitrogens with one attached hydrogen (secondary N) is 1. The molecule has 0 aliphatic carbocycles. The summed E-state index contributed by atoms with van der Waals surface area (Å²) in [6, 6.07) is 20.3. The first-order valence-electron chi connectivity index (χ1n) is 10.4. The molecule has 0 fully saturated rings. The Hall–Kier alpha value is -4.59. The van der Waals surface area contributed by atoms with Gasteiger partial charge in [-0.3, -0.25) is 9.78 Å². The zero-order valence-electron chi connectivity index (χ0n) is 17.8. The van der Waals surface area contributed by atoms with Crippen molar-refractivity contribution < 1.29 is 18.0 Å². The number of hydrogen-bond acceptors (Lipinski definition) is 4. The van der Waals surface area contributed by atoms with Crippen molar-refractivity contribution in [3.05, 3.63) is 114 Å². The van der Waals surface area contributed by atoms with E-state index < -0.39 is 11.7 Å². The SMILES string of the molecule is O=C(Nc1ccncc1F)c1ccc(-c2c(-c3ccc(F)cc3)ncn2Cc2ccccc2)o1. The van der Waals surface area contributed by atoms with Crippen molar-refractivity contribution >= 4 is 11.6 Å². The van der Waals surface area contributed by atoms with Crippen LogP contribution >= 0.6 is 0 Å². The number of imidazole rings is 1. The highest BCUT2D eigenvalue weighted by atomic mass is 19.1. The summed E-state index contributed by atoms with van der Waals surface area (Å²) >= 11 is 0. The number of hydrogen-bond donors (Lipinski definition) is 1. The number of pyridine rings is 1. The average Bonchev–Trinajstić information content (AvgIpc) is 3.49. The largest absolute Gasteiger partial charge is 0.449 e. The third kappa shape index (κ3) is 4.33. The molecular formula is C26H18F2N4O2. The van der Waals surface area contributed by atoms with Gasteiger partial charge in [0.25, 0.3) is 5.91 Å². The highest BCUT2D eigenvalue weighted by Crippen LogP contribution is 2.33. The number of carbonyl (C=O) groups excluding carboxylic acids is 1. The van der Waals surface area contributed by atoms with Gasteiger partial charge in [-0.15, -0.1) is 0 Å². The van der Waals surface area contributed by atoms with Crippen molar-refractivity contribution in [3.63, 3.8) is 0 Å². The Morgan fingerprint density at radius 1 is 0.971 bits per heavy atom. The predicted octanol–water partition coefficient (Wildman–Crippen LogP) is 5.78. The van der Waals surface area contributed by atoms with E-state index in [9.17, 15) is 13.6 Å². The van der Waals surface area contributed by atoms with Gasteiger partial charge < -0.3 is 14.3 Å². The van der Waals surface area contributed by atoms with E-state index in [2.05, 4.69) is 15.3 Å². The number of aromatic nitrogens is 3. The van der Waals surface area contributed by atoms with Crippen LogP contribution in [-0.4, -0.2) is 20.4 Å². The van der Waals surface area contributed by atoms with Crippen LogP contribution in [0.4, 0.5) is 14.5 Å². The fraction of sp³-hybridized carbons (Fsp3) is 0.0385. The van der Waals surface area contributed by atoms with Crippen LogP contribution in [0, 0.1) is 11.6 Å². The standard InChI is InChI=1S/C26H18F2N4O2/c27-19-8-6-18(7-9-19)24-25(32(16-30-24)15-17-4-2-1-3-5-17)22-10-11-23(34-22)26(33)31-21-12-13-29-14-20(21)28/h1-14,16H,15H2,(H,29,31,33). The Labute approximate surface area is 193 Å². The Balaban J connectivity index is 1.52. The fourth-order valence-corrected chi connectivity index (χ4v) is 3.61. The highest BCUT2D eigenvalue weighted by molar-refractivity contribution is 6.02. The van der Waals surface area contributed by atoms with Gasteiger partial charge in [0.05, 0.1) is 23.9 Å². The van der Waals surface area contributed by atoms with E-state index in [1.54, 1.807) is 24.5 Å². The van der Waals surface area contributed by atoms with Gasteiger partial charge in [0.1, 0.15) is 11.5 Å². The summed E-state index contributed by atoms with van der Waals surface area (Å²) in [7, 11) is 0. The molecule has 5 aromatic rings. The second-order valence-electron chi connectivity index (χ2n) is 7.54. The number of amides is 1. The summed E-state index contributed by atoms with van der Waals surface area (Å²) in [6.07, 6.45) is 4.07. The molecule has 34 heavy (non-hydrogen) atoms. The summed E-state index contributed by atoms with van der Waals surface area (Å²) in [5.41, 5.74) is 2.95. The van der Waals surface area contributed by atoms with Crippen LogP contribution in [0.2, 0.25) is 0 Å².